The molecule has 0 amide bonds. The Hall–Kier alpha value is -1.02. The highest BCUT2D eigenvalue weighted by molar-refractivity contribution is 5.36. The van der Waals surface area contributed by atoms with Crippen molar-refractivity contribution < 1.29 is 4.74 Å². The minimum absolute atomic E-state index is 0.165. The summed E-state index contributed by atoms with van der Waals surface area (Å²) in [7, 11) is 0. The van der Waals surface area contributed by atoms with E-state index in [2.05, 4.69) is 13.0 Å². The summed E-state index contributed by atoms with van der Waals surface area (Å²) in [5.74, 6) is 1.65. The summed E-state index contributed by atoms with van der Waals surface area (Å²) in [6.45, 7) is 2.89. The molecule has 2 nitrogen and oxygen atoms in total. The highest BCUT2D eigenvalue weighted by atomic mass is 16.5. The molecular formula is C13H19NO. The van der Waals surface area contributed by atoms with Gasteiger partial charge in [-0.25, -0.2) is 0 Å². The van der Waals surface area contributed by atoms with Crippen LogP contribution in [0.25, 0.3) is 0 Å². The molecule has 1 aliphatic rings. The van der Waals surface area contributed by atoms with E-state index in [9.17, 15) is 0 Å². The summed E-state index contributed by atoms with van der Waals surface area (Å²) in [6.07, 6.45) is 3.57. The minimum atomic E-state index is 0.165. The molecule has 0 aliphatic heterocycles. The quantitative estimate of drug-likeness (QED) is 0.802. The fraction of sp³-hybridized carbons (Fsp3) is 0.538. The van der Waals surface area contributed by atoms with Crippen LogP contribution in [0.2, 0.25) is 0 Å². The van der Waals surface area contributed by atoms with Gasteiger partial charge in [0.15, 0.2) is 0 Å². The number of para-hydroxylation sites is 1. The first-order valence-corrected chi connectivity index (χ1v) is 5.80. The highest BCUT2D eigenvalue weighted by Crippen LogP contribution is 2.41. The zero-order chi connectivity index (χ0) is 10.7. The van der Waals surface area contributed by atoms with Crippen molar-refractivity contribution in [1.29, 1.82) is 0 Å². The second-order valence-corrected chi connectivity index (χ2v) is 4.25. The van der Waals surface area contributed by atoms with E-state index >= 15 is 0 Å². The highest BCUT2D eigenvalue weighted by Gasteiger charge is 2.30. The van der Waals surface area contributed by atoms with E-state index in [4.69, 9.17) is 10.5 Å². The van der Waals surface area contributed by atoms with Gasteiger partial charge in [-0.2, -0.15) is 0 Å². The zero-order valence-electron chi connectivity index (χ0n) is 9.28. The van der Waals surface area contributed by atoms with Crippen LogP contribution in [0.1, 0.15) is 37.8 Å². The van der Waals surface area contributed by atoms with E-state index < -0.39 is 0 Å². The summed E-state index contributed by atoms with van der Waals surface area (Å²) in [5, 5.41) is 0. The summed E-state index contributed by atoms with van der Waals surface area (Å²) in [6, 6.07) is 8.32. The van der Waals surface area contributed by atoms with Crippen LogP contribution >= 0.6 is 0 Å². The van der Waals surface area contributed by atoms with E-state index in [1.807, 2.05) is 18.2 Å². The maximum absolute atomic E-state index is 6.19. The molecule has 1 atom stereocenters. The molecule has 1 fully saturated rings. The third-order valence-corrected chi connectivity index (χ3v) is 2.87. The van der Waals surface area contributed by atoms with Gasteiger partial charge in [-0.15, -0.1) is 0 Å². The predicted molar refractivity (Wildman–Crippen MR) is 61.9 cm³/mol. The van der Waals surface area contributed by atoms with Crippen LogP contribution in [0.15, 0.2) is 24.3 Å². The first-order chi connectivity index (χ1) is 7.33. The number of ether oxygens (including phenoxy) is 1. The maximum Gasteiger partial charge on any atom is 0.124 e. The molecule has 1 aliphatic carbocycles. The molecule has 15 heavy (non-hydrogen) atoms. The fourth-order valence-electron chi connectivity index (χ4n) is 1.81. The molecule has 2 rings (SSSR count). The van der Waals surface area contributed by atoms with E-state index in [0.717, 1.165) is 18.8 Å². The molecule has 1 aromatic carbocycles. The second-order valence-electron chi connectivity index (χ2n) is 4.25. The molecule has 0 bridgehead atoms. The molecule has 0 unspecified atom stereocenters. The fourth-order valence-corrected chi connectivity index (χ4v) is 1.81. The number of hydrogen-bond donors (Lipinski definition) is 1. The average molecular weight is 205 g/mol. The Morgan fingerprint density at radius 1 is 1.40 bits per heavy atom. The number of nitrogens with two attached hydrogens (primary N) is 1. The molecule has 2 N–H and O–H groups in total. The molecule has 0 saturated heterocycles. The first-order valence-electron chi connectivity index (χ1n) is 5.80. The lowest BCUT2D eigenvalue weighted by molar-refractivity contribution is 0.311. The summed E-state index contributed by atoms with van der Waals surface area (Å²) in [5.41, 5.74) is 7.37. The molecular weight excluding hydrogens is 186 g/mol. The number of hydrogen-bond acceptors (Lipinski definition) is 2. The molecule has 1 aromatic rings. The Kier molecular flexibility index (Phi) is 3.27. The van der Waals surface area contributed by atoms with E-state index in [1.165, 1.54) is 18.4 Å². The predicted octanol–water partition coefficient (Wildman–Crippen LogP) is 2.89. The Balaban J connectivity index is 2.12. The van der Waals surface area contributed by atoms with Gasteiger partial charge in [-0.05, 0) is 31.2 Å². The van der Waals surface area contributed by atoms with Crippen LogP contribution in [0.3, 0.4) is 0 Å². The Labute approximate surface area is 91.4 Å². The van der Waals surface area contributed by atoms with Gasteiger partial charge in [0.25, 0.3) is 0 Å². The number of benzene rings is 1. The SMILES string of the molecule is CCCOc1ccccc1[C@H](N)C1CC1. The Morgan fingerprint density at radius 2 is 2.13 bits per heavy atom. The van der Waals surface area contributed by atoms with Crippen molar-refractivity contribution in [3.05, 3.63) is 29.8 Å². The molecule has 0 spiro atoms. The van der Waals surface area contributed by atoms with Gasteiger partial charge < -0.3 is 10.5 Å². The molecule has 0 radical (unpaired) electrons. The van der Waals surface area contributed by atoms with Crippen LogP contribution in [0, 0.1) is 5.92 Å². The van der Waals surface area contributed by atoms with E-state index in [0.29, 0.717) is 5.92 Å². The van der Waals surface area contributed by atoms with Crippen molar-refractivity contribution in [3.8, 4) is 5.75 Å². The summed E-state index contributed by atoms with van der Waals surface area (Å²) >= 11 is 0. The van der Waals surface area contributed by atoms with Gasteiger partial charge in [0.2, 0.25) is 0 Å². The molecule has 82 valence electrons. The van der Waals surface area contributed by atoms with Crippen molar-refractivity contribution in [1.82, 2.24) is 0 Å². The summed E-state index contributed by atoms with van der Waals surface area (Å²) in [4.78, 5) is 0. The van der Waals surface area contributed by atoms with Gasteiger partial charge in [-0.3, -0.25) is 0 Å². The van der Waals surface area contributed by atoms with Gasteiger partial charge in [0.1, 0.15) is 5.75 Å². The average Bonchev–Trinajstić information content (AvgIpc) is 3.09. The molecule has 1 saturated carbocycles. The monoisotopic (exact) mass is 205 g/mol. The Morgan fingerprint density at radius 3 is 2.80 bits per heavy atom. The van der Waals surface area contributed by atoms with Crippen molar-refractivity contribution in [2.75, 3.05) is 6.61 Å². The topological polar surface area (TPSA) is 35.2 Å². The largest absolute Gasteiger partial charge is 0.493 e. The van der Waals surface area contributed by atoms with Gasteiger partial charge in [-0.1, -0.05) is 25.1 Å². The van der Waals surface area contributed by atoms with Crippen molar-refractivity contribution in [2.45, 2.75) is 32.2 Å². The van der Waals surface area contributed by atoms with E-state index in [-0.39, 0.29) is 6.04 Å². The smallest absolute Gasteiger partial charge is 0.124 e. The molecule has 0 aromatic heterocycles. The maximum atomic E-state index is 6.19. The van der Waals surface area contributed by atoms with Gasteiger partial charge in [0.05, 0.1) is 6.61 Å². The van der Waals surface area contributed by atoms with Crippen molar-refractivity contribution >= 4 is 0 Å². The van der Waals surface area contributed by atoms with Gasteiger partial charge >= 0.3 is 0 Å². The zero-order valence-corrected chi connectivity index (χ0v) is 9.28. The van der Waals surface area contributed by atoms with Crippen LogP contribution in [0.5, 0.6) is 5.75 Å². The van der Waals surface area contributed by atoms with Crippen LogP contribution in [-0.2, 0) is 0 Å². The van der Waals surface area contributed by atoms with Crippen LogP contribution < -0.4 is 10.5 Å². The Bertz CT molecular complexity index is 320. The summed E-state index contributed by atoms with van der Waals surface area (Å²) < 4.78 is 5.71. The molecule has 2 heteroatoms. The lowest BCUT2D eigenvalue weighted by atomic mass is 10.0. The minimum Gasteiger partial charge on any atom is -0.493 e. The van der Waals surface area contributed by atoms with Gasteiger partial charge in [0, 0.05) is 11.6 Å². The lowest BCUT2D eigenvalue weighted by Gasteiger charge is -2.16. The second kappa shape index (κ2) is 4.67. The normalized spacial score (nSPS) is 17.5. The standard InChI is InChI=1S/C13H19NO/c1-2-9-15-12-6-4-3-5-11(12)13(14)10-7-8-10/h3-6,10,13H,2,7-9,14H2,1H3/t13-/m1/s1. The third kappa shape index (κ3) is 2.51. The van der Waals surface area contributed by atoms with Crippen LogP contribution in [-0.4, -0.2) is 6.61 Å². The lowest BCUT2D eigenvalue weighted by Crippen LogP contribution is -2.14. The van der Waals surface area contributed by atoms with E-state index in [1.54, 1.807) is 0 Å². The van der Waals surface area contributed by atoms with Crippen molar-refractivity contribution in [2.24, 2.45) is 11.7 Å². The number of rotatable bonds is 5. The van der Waals surface area contributed by atoms with Crippen LogP contribution in [0.4, 0.5) is 0 Å². The van der Waals surface area contributed by atoms with Crippen molar-refractivity contribution in [3.63, 3.8) is 0 Å². The third-order valence-electron chi connectivity index (χ3n) is 2.87. The first kappa shape index (κ1) is 10.5. The molecule has 0 heterocycles.